The summed E-state index contributed by atoms with van der Waals surface area (Å²) < 4.78 is 1.76. The number of nitrogens with one attached hydrogen (secondary N) is 2. The molecule has 2 aromatic carbocycles. The van der Waals surface area contributed by atoms with Crippen molar-refractivity contribution in [1.29, 1.82) is 0 Å². The number of aromatic nitrogens is 2. The molecule has 0 fully saturated rings. The van der Waals surface area contributed by atoms with E-state index in [9.17, 15) is 4.79 Å². The van der Waals surface area contributed by atoms with Crippen LogP contribution in [0.4, 0.5) is 10.5 Å². The number of carbonyl (C=O) groups is 1. The van der Waals surface area contributed by atoms with Gasteiger partial charge < -0.3 is 10.6 Å². The topological polar surface area (TPSA) is 59.0 Å². The lowest BCUT2D eigenvalue weighted by Gasteiger charge is -2.08. The Balaban J connectivity index is 1.56. The molecule has 1 heterocycles. The van der Waals surface area contributed by atoms with E-state index >= 15 is 0 Å². The van der Waals surface area contributed by atoms with Crippen molar-refractivity contribution in [2.45, 2.75) is 6.54 Å². The Hall–Kier alpha value is -3.08. The van der Waals surface area contributed by atoms with E-state index in [1.54, 1.807) is 4.68 Å². The lowest BCUT2D eigenvalue weighted by molar-refractivity contribution is 0.251. The van der Waals surface area contributed by atoms with Gasteiger partial charge in [-0.1, -0.05) is 42.5 Å². The quantitative estimate of drug-likeness (QED) is 0.776. The van der Waals surface area contributed by atoms with Crippen molar-refractivity contribution >= 4 is 11.7 Å². The molecule has 5 nitrogen and oxygen atoms in total. The molecule has 0 spiro atoms. The van der Waals surface area contributed by atoms with E-state index in [0.29, 0.717) is 6.54 Å². The third kappa shape index (κ3) is 3.97. The van der Waals surface area contributed by atoms with Gasteiger partial charge in [-0.2, -0.15) is 5.10 Å². The Kier molecular flexibility index (Phi) is 4.38. The van der Waals surface area contributed by atoms with E-state index < -0.39 is 0 Å². The van der Waals surface area contributed by atoms with Crippen molar-refractivity contribution < 1.29 is 4.79 Å². The summed E-state index contributed by atoms with van der Waals surface area (Å²) in [5.41, 5.74) is 3.93. The van der Waals surface area contributed by atoms with Gasteiger partial charge in [0.15, 0.2) is 0 Å². The van der Waals surface area contributed by atoms with E-state index in [2.05, 4.69) is 15.7 Å². The van der Waals surface area contributed by atoms with Gasteiger partial charge in [0.25, 0.3) is 0 Å². The summed E-state index contributed by atoms with van der Waals surface area (Å²) in [6, 6.07) is 17.3. The molecule has 0 radical (unpaired) electrons. The van der Waals surface area contributed by atoms with Gasteiger partial charge in [0, 0.05) is 31.0 Å². The van der Waals surface area contributed by atoms with Crippen LogP contribution in [0.15, 0.2) is 67.0 Å². The molecule has 2 N–H and O–H groups in total. The zero-order valence-electron chi connectivity index (χ0n) is 12.9. The summed E-state index contributed by atoms with van der Waals surface area (Å²) in [6.07, 6.45) is 3.77. The zero-order chi connectivity index (χ0) is 16.1. The molecule has 1 aromatic heterocycles. The fourth-order valence-electron chi connectivity index (χ4n) is 2.27. The van der Waals surface area contributed by atoms with Crippen LogP contribution in [0, 0.1) is 0 Å². The SMILES string of the molecule is Cn1cc(-c2ccc(NC(=O)NCc3ccccc3)cc2)cn1. The molecule has 3 rings (SSSR count). The number of nitrogens with zero attached hydrogens (tertiary/aromatic N) is 2. The Morgan fingerprint density at radius 1 is 1.04 bits per heavy atom. The van der Waals surface area contributed by atoms with Gasteiger partial charge in [0.2, 0.25) is 0 Å². The first-order valence-electron chi connectivity index (χ1n) is 7.38. The van der Waals surface area contributed by atoms with Crippen molar-refractivity contribution in [3.63, 3.8) is 0 Å². The van der Waals surface area contributed by atoms with Gasteiger partial charge in [0.05, 0.1) is 6.20 Å². The van der Waals surface area contributed by atoms with E-state index in [1.165, 1.54) is 0 Å². The van der Waals surface area contributed by atoms with Crippen LogP contribution in [0.25, 0.3) is 11.1 Å². The van der Waals surface area contributed by atoms with E-state index in [0.717, 1.165) is 22.4 Å². The van der Waals surface area contributed by atoms with Crippen LogP contribution in [0.5, 0.6) is 0 Å². The maximum absolute atomic E-state index is 11.9. The third-order valence-corrected chi connectivity index (χ3v) is 3.48. The average Bonchev–Trinajstić information content (AvgIpc) is 3.01. The second-order valence-corrected chi connectivity index (χ2v) is 5.27. The second-order valence-electron chi connectivity index (χ2n) is 5.27. The molecule has 0 aliphatic rings. The summed E-state index contributed by atoms with van der Waals surface area (Å²) in [5, 5.41) is 9.81. The number of carbonyl (C=O) groups excluding carboxylic acids is 1. The number of benzene rings is 2. The molecule has 0 unspecified atom stereocenters. The highest BCUT2D eigenvalue weighted by Gasteiger charge is 2.03. The van der Waals surface area contributed by atoms with Crippen LogP contribution < -0.4 is 10.6 Å². The highest BCUT2D eigenvalue weighted by atomic mass is 16.2. The summed E-state index contributed by atoms with van der Waals surface area (Å²) in [5.74, 6) is 0. The largest absolute Gasteiger partial charge is 0.334 e. The van der Waals surface area contributed by atoms with Crippen molar-refractivity contribution in [2.24, 2.45) is 7.05 Å². The Morgan fingerprint density at radius 3 is 2.43 bits per heavy atom. The predicted molar refractivity (Wildman–Crippen MR) is 90.9 cm³/mol. The number of rotatable bonds is 4. The maximum Gasteiger partial charge on any atom is 0.319 e. The van der Waals surface area contributed by atoms with Crippen LogP contribution in [0.2, 0.25) is 0 Å². The first-order chi connectivity index (χ1) is 11.2. The number of hydrogen-bond donors (Lipinski definition) is 2. The van der Waals surface area contributed by atoms with Crippen LogP contribution in [-0.2, 0) is 13.6 Å². The summed E-state index contributed by atoms with van der Waals surface area (Å²) in [6.45, 7) is 0.500. The van der Waals surface area contributed by atoms with Gasteiger partial charge in [-0.25, -0.2) is 4.79 Å². The Labute approximate surface area is 135 Å². The van der Waals surface area contributed by atoms with Gasteiger partial charge in [0.1, 0.15) is 0 Å². The van der Waals surface area contributed by atoms with Gasteiger partial charge in [-0.3, -0.25) is 4.68 Å². The standard InChI is InChI=1S/C18H18N4O/c1-22-13-16(12-20-22)15-7-9-17(10-8-15)21-18(23)19-11-14-5-3-2-4-6-14/h2-10,12-13H,11H2,1H3,(H2,19,21,23). The summed E-state index contributed by atoms with van der Waals surface area (Å²) >= 11 is 0. The predicted octanol–water partition coefficient (Wildman–Crippen LogP) is 3.41. The Bertz CT molecular complexity index is 778. The maximum atomic E-state index is 11.9. The molecule has 3 aromatic rings. The summed E-state index contributed by atoms with van der Waals surface area (Å²) in [7, 11) is 1.89. The van der Waals surface area contributed by atoms with Crippen molar-refractivity contribution in [1.82, 2.24) is 15.1 Å². The lowest BCUT2D eigenvalue weighted by Crippen LogP contribution is -2.28. The van der Waals surface area contributed by atoms with Gasteiger partial charge >= 0.3 is 6.03 Å². The molecule has 0 saturated heterocycles. The molecule has 116 valence electrons. The molecule has 0 aliphatic carbocycles. The molecule has 23 heavy (non-hydrogen) atoms. The minimum Gasteiger partial charge on any atom is -0.334 e. The highest BCUT2D eigenvalue weighted by molar-refractivity contribution is 5.89. The number of urea groups is 1. The molecule has 2 amide bonds. The fourth-order valence-corrected chi connectivity index (χ4v) is 2.27. The van der Waals surface area contributed by atoms with E-state index in [-0.39, 0.29) is 6.03 Å². The monoisotopic (exact) mass is 306 g/mol. The first-order valence-corrected chi connectivity index (χ1v) is 7.38. The molecule has 0 bridgehead atoms. The molecule has 0 aliphatic heterocycles. The van der Waals surface area contributed by atoms with Crippen LogP contribution >= 0.6 is 0 Å². The van der Waals surface area contributed by atoms with Gasteiger partial charge in [-0.05, 0) is 23.3 Å². The van der Waals surface area contributed by atoms with Crippen molar-refractivity contribution in [2.75, 3.05) is 5.32 Å². The second kappa shape index (κ2) is 6.79. The average molecular weight is 306 g/mol. The van der Waals surface area contributed by atoms with Crippen LogP contribution in [0.1, 0.15) is 5.56 Å². The first kappa shape index (κ1) is 14.8. The minimum atomic E-state index is -0.219. The third-order valence-electron chi connectivity index (χ3n) is 3.48. The van der Waals surface area contributed by atoms with E-state index in [1.807, 2.05) is 74.0 Å². The van der Waals surface area contributed by atoms with Crippen LogP contribution in [-0.4, -0.2) is 15.8 Å². The van der Waals surface area contributed by atoms with Gasteiger partial charge in [-0.15, -0.1) is 0 Å². The van der Waals surface area contributed by atoms with E-state index in [4.69, 9.17) is 0 Å². The normalized spacial score (nSPS) is 10.3. The minimum absolute atomic E-state index is 0.219. The lowest BCUT2D eigenvalue weighted by atomic mass is 10.1. The molecule has 5 heteroatoms. The zero-order valence-corrected chi connectivity index (χ0v) is 12.9. The number of amides is 2. The smallest absolute Gasteiger partial charge is 0.319 e. The van der Waals surface area contributed by atoms with Crippen LogP contribution in [0.3, 0.4) is 0 Å². The number of aryl methyl sites for hydroxylation is 1. The highest BCUT2D eigenvalue weighted by Crippen LogP contribution is 2.20. The molecular formula is C18H18N4O. The number of hydrogen-bond acceptors (Lipinski definition) is 2. The number of anilines is 1. The summed E-state index contributed by atoms with van der Waals surface area (Å²) in [4.78, 5) is 11.9. The molecular weight excluding hydrogens is 288 g/mol. The Morgan fingerprint density at radius 2 is 1.78 bits per heavy atom. The van der Waals surface area contributed by atoms with Crippen molar-refractivity contribution in [3.05, 3.63) is 72.6 Å². The molecule has 0 saturated carbocycles. The van der Waals surface area contributed by atoms with Crippen molar-refractivity contribution in [3.8, 4) is 11.1 Å². The fraction of sp³-hybridized carbons (Fsp3) is 0.111. The molecule has 0 atom stereocenters.